The van der Waals surface area contributed by atoms with E-state index in [-0.39, 0.29) is 11.7 Å². The van der Waals surface area contributed by atoms with E-state index < -0.39 is 11.8 Å². The van der Waals surface area contributed by atoms with Crippen LogP contribution in [-0.2, 0) is 9.59 Å². The van der Waals surface area contributed by atoms with Gasteiger partial charge < -0.3 is 9.84 Å². The minimum atomic E-state index is -0.833. The first kappa shape index (κ1) is 25.7. The van der Waals surface area contributed by atoms with Gasteiger partial charge >= 0.3 is 139 Å². The van der Waals surface area contributed by atoms with E-state index in [2.05, 4.69) is 22.4 Å². The van der Waals surface area contributed by atoms with Gasteiger partial charge in [0.25, 0.3) is 5.97 Å². The number of carboxylic acids is 1. The van der Waals surface area contributed by atoms with E-state index in [0.29, 0.717) is 10.1 Å². The summed E-state index contributed by atoms with van der Waals surface area (Å²) in [5, 5.41) is 11.2. The maximum atomic E-state index is 13.9. The zero-order valence-corrected chi connectivity index (χ0v) is 21.7. The van der Waals surface area contributed by atoms with Gasteiger partial charge in [-0.05, 0) is 23.3 Å². The number of benzene rings is 3. The number of amidine groups is 1. The summed E-state index contributed by atoms with van der Waals surface area (Å²) in [5.41, 5.74) is 3.42. The van der Waals surface area contributed by atoms with Crippen LogP contribution < -0.4 is 12.9 Å². The van der Waals surface area contributed by atoms with Crippen molar-refractivity contribution < 1.29 is 23.8 Å². The van der Waals surface area contributed by atoms with Crippen LogP contribution in [0.3, 0.4) is 0 Å². The Labute approximate surface area is 218 Å². The number of nitrogens with zero attached hydrogens (tertiary/aromatic N) is 1. The normalized spacial score (nSPS) is 13.7. The van der Waals surface area contributed by atoms with Crippen molar-refractivity contribution >= 4 is 71.3 Å². The van der Waals surface area contributed by atoms with Gasteiger partial charge in [0.2, 0.25) is 0 Å². The molecule has 0 aliphatic carbocycles. The van der Waals surface area contributed by atoms with Crippen LogP contribution in [0.1, 0.15) is 12.5 Å². The first-order valence-electron chi connectivity index (χ1n) is 10.2. The number of aliphatic carboxylic acids is 1. The molecule has 4 rings (SSSR count). The maximum absolute atomic E-state index is 13.9. The van der Waals surface area contributed by atoms with Gasteiger partial charge in [-0.2, -0.15) is 0 Å². The van der Waals surface area contributed by atoms with E-state index in [1.807, 2.05) is 48.5 Å². The first-order chi connectivity index (χ1) is 16.2. The summed E-state index contributed by atoms with van der Waals surface area (Å²) in [7, 11) is 1.44. The van der Waals surface area contributed by atoms with Crippen molar-refractivity contribution in [3.05, 3.63) is 83.0 Å². The molecule has 6 nitrogen and oxygen atoms in total. The number of thioether (sulfide) groups is 1. The minimum Gasteiger partial charge on any atom is -0.203 e. The Morgan fingerprint density at radius 3 is 2.29 bits per heavy atom. The predicted octanol–water partition coefficient (Wildman–Crippen LogP) is 4.47. The van der Waals surface area contributed by atoms with E-state index in [0.717, 1.165) is 57.2 Å². The molecule has 34 heavy (non-hydrogen) atoms. The molecule has 0 radical (unpaired) electrons. The molecule has 0 saturated heterocycles. The zero-order valence-electron chi connectivity index (χ0n) is 18.8. The number of hydrogen-bond donors (Lipinski definition) is 2. The van der Waals surface area contributed by atoms with Crippen molar-refractivity contribution in [2.45, 2.75) is 6.92 Å². The number of carbonyl (C=O) groups excluding carboxylic acids is 1. The van der Waals surface area contributed by atoms with E-state index in [1.54, 1.807) is 6.07 Å². The number of nitrogens with one attached hydrogen (secondary N) is 1. The topological polar surface area (TPSA) is 88.0 Å². The van der Waals surface area contributed by atoms with Crippen LogP contribution >= 0.6 is 11.8 Å². The number of carbonyl (C=O) groups is 2. The smallest absolute Gasteiger partial charge is 0.203 e. The van der Waals surface area contributed by atoms with Crippen molar-refractivity contribution in [2.75, 3.05) is 12.4 Å². The molecule has 1 amide bonds. The SMILES string of the molecule is CC(=O)O.COc1ccc(-c2ccc(C=C3SC(Nc4cc[c]([Na])cc4)=NC3=O)cc2)cc1F. The molecule has 0 spiro atoms. The fourth-order valence-electron chi connectivity index (χ4n) is 2.99. The second-order valence-electron chi connectivity index (χ2n) is 7.31. The van der Waals surface area contributed by atoms with Gasteiger partial charge in [0.05, 0.1) is 7.11 Å². The van der Waals surface area contributed by atoms with Crippen LogP contribution in [0.5, 0.6) is 5.75 Å². The Morgan fingerprint density at radius 1 is 1.09 bits per heavy atom. The van der Waals surface area contributed by atoms with Crippen LogP contribution in [0.4, 0.5) is 10.1 Å². The van der Waals surface area contributed by atoms with Crippen molar-refractivity contribution in [3.63, 3.8) is 0 Å². The summed E-state index contributed by atoms with van der Waals surface area (Å²) in [5.74, 6) is -1.28. The summed E-state index contributed by atoms with van der Waals surface area (Å²) in [6, 6.07) is 20.5. The van der Waals surface area contributed by atoms with Gasteiger partial charge in [-0.1, -0.05) is 6.07 Å². The molecule has 2 N–H and O–H groups in total. The number of ether oxygens (including phenoxy) is 1. The Kier molecular flexibility index (Phi) is 9.06. The van der Waals surface area contributed by atoms with Gasteiger partial charge in [0, 0.05) is 6.92 Å². The molecule has 0 saturated carbocycles. The van der Waals surface area contributed by atoms with E-state index in [4.69, 9.17) is 14.6 Å². The Hall–Kier alpha value is -2.91. The molecule has 0 aromatic heterocycles. The van der Waals surface area contributed by atoms with Crippen LogP contribution in [0, 0.1) is 5.82 Å². The fraction of sp³-hybridized carbons (Fsp3) is 0.0800. The number of halogens is 1. The van der Waals surface area contributed by atoms with Crippen molar-refractivity contribution in [1.82, 2.24) is 0 Å². The molecular formula is C25H20FN2NaO4S. The predicted molar refractivity (Wildman–Crippen MR) is 135 cm³/mol. The molecule has 3 aromatic rings. The summed E-state index contributed by atoms with van der Waals surface area (Å²) in [4.78, 5) is 25.9. The second-order valence-corrected chi connectivity index (χ2v) is 9.50. The van der Waals surface area contributed by atoms with Gasteiger partial charge in [-0.25, -0.2) is 4.39 Å². The van der Waals surface area contributed by atoms with Gasteiger partial charge in [-0.3, -0.25) is 4.79 Å². The number of anilines is 1. The second kappa shape index (κ2) is 12.0. The average Bonchev–Trinajstić information content (AvgIpc) is 3.14. The van der Waals surface area contributed by atoms with Crippen LogP contribution in [0.2, 0.25) is 0 Å². The first-order valence-corrected chi connectivity index (χ1v) is 12.1. The van der Waals surface area contributed by atoms with Gasteiger partial charge in [-0.15, -0.1) is 0 Å². The number of rotatable bonds is 4. The third kappa shape index (κ3) is 7.30. The summed E-state index contributed by atoms with van der Waals surface area (Å²) in [6.45, 7) is 1.08. The third-order valence-electron chi connectivity index (χ3n) is 4.62. The summed E-state index contributed by atoms with van der Waals surface area (Å²) >= 11 is 2.32. The zero-order chi connectivity index (χ0) is 24.7. The molecule has 0 unspecified atom stereocenters. The van der Waals surface area contributed by atoms with Crippen LogP contribution in [0.25, 0.3) is 17.2 Å². The van der Waals surface area contributed by atoms with Crippen molar-refractivity contribution in [2.24, 2.45) is 4.99 Å². The quantitative estimate of drug-likeness (QED) is 0.418. The standard InChI is InChI=1S/C23H16FN2O2S.C2H4O2.Na/c1-28-20-12-11-17(14-19(20)24)16-9-7-15(8-10-16)13-21-22(27)26-23(29-21)25-18-5-3-2-4-6-18;1-2(3)4;/h3-14H,1H3,(H,25,26,27);1H3,(H,3,4);. The van der Waals surface area contributed by atoms with Crippen LogP contribution in [-0.4, -0.2) is 57.2 Å². The minimum absolute atomic E-state index is 0.216. The van der Waals surface area contributed by atoms with Gasteiger partial charge in [0.15, 0.2) is 11.6 Å². The summed E-state index contributed by atoms with van der Waals surface area (Å²) < 4.78 is 20.2. The number of amides is 1. The van der Waals surface area contributed by atoms with E-state index >= 15 is 0 Å². The number of carboxylic acid groups (broad SMARTS) is 1. The fourth-order valence-corrected chi connectivity index (χ4v) is 4.16. The number of hydrogen-bond acceptors (Lipinski definition) is 5. The number of methoxy groups -OCH3 is 1. The molecule has 1 aliphatic rings. The molecule has 1 aliphatic heterocycles. The molecule has 9 heteroatoms. The molecular weight excluding hydrogens is 466 g/mol. The Morgan fingerprint density at radius 2 is 1.71 bits per heavy atom. The van der Waals surface area contributed by atoms with Crippen LogP contribution in [0.15, 0.2) is 76.6 Å². The molecule has 3 aromatic carbocycles. The molecule has 1 heterocycles. The Bertz CT molecular complexity index is 1250. The monoisotopic (exact) mass is 486 g/mol. The average molecular weight is 487 g/mol. The Balaban J connectivity index is 0.000000751. The van der Waals surface area contributed by atoms with E-state index in [9.17, 15) is 9.18 Å². The third-order valence-corrected chi connectivity index (χ3v) is 6.18. The molecule has 0 atom stereocenters. The summed E-state index contributed by atoms with van der Waals surface area (Å²) in [6.07, 6.45) is 1.81. The van der Waals surface area contributed by atoms with Gasteiger partial charge in [0.1, 0.15) is 0 Å². The molecule has 0 bridgehead atoms. The van der Waals surface area contributed by atoms with E-state index in [1.165, 1.54) is 27.8 Å². The van der Waals surface area contributed by atoms with Crippen molar-refractivity contribution in [1.29, 1.82) is 0 Å². The molecule has 0 fully saturated rings. The van der Waals surface area contributed by atoms with Crippen molar-refractivity contribution in [3.8, 4) is 16.9 Å². The molecule has 168 valence electrons. The number of aliphatic imine (C=N–C) groups is 1.